The zero-order valence-corrected chi connectivity index (χ0v) is 16.6. The van der Waals surface area contributed by atoms with Crippen molar-refractivity contribution in [1.82, 2.24) is 10.6 Å². The number of unbranched alkanes of at least 4 members (excludes halogenated alkanes) is 1. The first-order valence-electron chi connectivity index (χ1n) is 7.20. The molecule has 0 aliphatic heterocycles. The van der Waals surface area contributed by atoms with E-state index in [1.807, 2.05) is 0 Å². The second-order valence-corrected chi connectivity index (χ2v) is 6.83. The van der Waals surface area contributed by atoms with Gasteiger partial charge in [-0.2, -0.15) is 0 Å². The number of aliphatic imine (C=N–C) groups is 1. The summed E-state index contributed by atoms with van der Waals surface area (Å²) in [5.74, 6) is 0.848. The molecule has 0 amide bonds. The maximum Gasteiger partial charge on any atom is 0.191 e. The van der Waals surface area contributed by atoms with Crippen molar-refractivity contribution in [2.45, 2.75) is 59.5 Å². The molecule has 0 saturated carbocycles. The Kier molecular flexibility index (Phi) is 11.8. The summed E-state index contributed by atoms with van der Waals surface area (Å²) in [6.07, 6.45) is 3.68. The van der Waals surface area contributed by atoms with Gasteiger partial charge < -0.3 is 15.4 Å². The van der Waals surface area contributed by atoms with Crippen molar-refractivity contribution in [3.8, 4) is 0 Å². The summed E-state index contributed by atoms with van der Waals surface area (Å²) in [7, 11) is 3.52. The Balaban J connectivity index is 0. The van der Waals surface area contributed by atoms with Crippen molar-refractivity contribution in [3.63, 3.8) is 0 Å². The predicted octanol–water partition coefficient (Wildman–Crippen LogP) is 3.41. The van der Waals surface area contributed by atoms with Crippen LogP contribution in [0.3, 0.4) is 0 Å². The Morgan fingerprint density at radius 1 is 1.05 bits per heavy atom. The smallest absolute Gasteiger partial charge is 0.191 e. The third-order valence-corrected chi connectivity index (χ3v) is 3.10. The van der Waals surface area contributed by atoms with Crippen molar-refractivity contribution >= 4 is 29.9 Å². The summed E-state index contributed by atoms with van der Waals surface area (Å²) in [6.45, 7) is 12.7. The van der Waals surface area contributed by atoms with Gasteiger partial charge in [-0.05, 0) is 32.1 Å². The highest BCUT2D eigenvalue weighted by molar-refractivity contribution is 14.0. The van der Waals surface area contributed by atoms with Crippen molar-refractivity contribution in [1.29, 1.82) is 0 Å². The van der Waals surface area contributed by atoms with Gasteiger partial charge in [0.05, 0.1) is 5.60 Å². The number of halogens is 1. The van der Waals surface area contributed by atoms with E-state index in [1.165, 1.54) is 19.3 Å². The molecule has 0 aliphatic carbocycles. The van der Waals surface area contributed by atoms with Gasteiger partial charge in [0.1, 0.15) is 0 Å². The molecule has 0 saturated heterocycles. The number of rotatable bonds is 7. The lowest BCUT2D eigenvalue weighted by Gasteiger charge is -2.24. The zero-order valence-electron chi connectivity index (χ0n) is 14.3. The Morgan fingerprint density at radius 3 is 2.10 bits per heavy atom. The van der Waals surface area contributed by atoms with E-state index in [4.69, 9.17) is 4.74 Å². The summed E-state index contributed by atoms with van der Waals surface area (Å²) in [5, 5.41) is 6.62. The topological polar surface area (TPSA) is 45.7 Å². The van der Waals surface area contributed by atoms with Gasteiger partial charge in [-0.25, -0.2) is 0 Å². The van der Waals surface area contributed by atoms with Gasteiger partial charge in [0.2, 0.25) is 0 Å². The van der Waals surface area contributed by atoms with Crippen LogP contribution in [0.25, 0.3) is 0 Å². The van der Waals surface area contributed by atoms with Gasteiger partial charge in [0, 0.05) is 27.2 Å². The Hall–Kier alpha value is -0.0400. The van der Waals surface area contributed by atoms with Gasteiger partial charge in [-0.3, -0.25) is 4.99 Å². The molecule has 2 N–H and O–H groups in total. The van der Waals surface area contributed by atoms with Crippen LogP contribution in [0.1, 0.15) is 53.9 Å². The van der Waals surface area contributed by atoms with E-state index in [-0.39, 0.29) is 29.6 Å². The molecule has 0 unspecified atom stereocenters. The molecule has 122 valence electrons. The molecule has 0 fully saturated rings. The van der Waals surface area contributed by atoms with E-state index in [0.717, 1.165) is 19.0 Å². The summed E-state index contributed by atoms with van der Waals surface area (Å²) in [5.41, 5.74) is 0.256. The van der Waals surface area contributed by atoms with E-state index in [9.17, 15) is 0 Å². The average molecular weight is 399 g/mol. The Labute approximate surface area is 142 Å². The molecule has 0 heterocycles. The highest BCUT2D eigenvalue weighted by Gasteiger charge is 2.16. The number of hydrogen-bond acceptors (Lipinski definition) is 2. The van der Waals surface area contributed by atoms with Crippen LogP contribution in [-0.2, 0) is 4.74 Å². The van der Waals surface area contributed by atoms with Gasteiger partial charge in [0.25, 0.3) is 0 Å². The minimum atomic E-state index is -0.177. The molecule has 0 rings (SSSR count). The monoisotopic (exact) mass is 399 g/mol. The summed E-state index contributed by atoms with van der Waals surface area (Å²) in [6, 6.07) is 0. The van der Waals surface area contributed by atoms with Crippen LogP contribution in [0.2, 0.25) is 0 Å². The van der Waals surface area contributed by atoms with Gasteiger partial charge in [-0.15, -0.1) is 24.0 Å². The molecule has 0 aliphatic rings. The molecule has 0 radical (unpaired) electrons. The quantitative estimate of drug-likeness (QED) is 0.299. The second kappa shape index (κ2) is 10.7. The number of guanidine groups is 1. The molecule has 0 aromatic rings. The third-order valence-electron chi connectivity index (χ3n) is 3.10. The fourth-order valence-corrected chi connectivity index (χ4v) is 1.58. The molecule has 4 nitrogen and oxygen atoms in total. The summed E-state index contributed by atoms with van der Waals surface area (Å²) < 4.78 is 5.37. The van der Waals surface area contributed by atoms with Gasteiger partial charge in [0.15, 0.2) is 5.96 Å². The zero-order chi connectivity index (χ0) is 14.9. The first kappa shape index (κ1) is 22.2. The Morgan fingerprint density at radius 2 is 1.65 bits per heavy atom. The minimum absolute atomic E-state index is 0. The SMILES string of the molecule is CN=C(NCCCCC(C)(C)C)NCC(C)(C)OC.I. The lowest BCUT2D eigenvalue weighted by atomic mass is 9.90. The predicted molar refractivity (Wildman–Crippen MR) is 99.2 cm³/mol. The van der Waals surface area contributed by atoms with E-state index < -0.39 is 0 Å². The van der Waals surface area contributed by atoms with Crippen LogP contribution < -0.4 is 10.6 Å². The molecule has 0 bridgehead atoms. The number of nitrogens with zero attached hydrogens (tertiary/aromatic N) is 1. The average Bonchev–Trinajstić information content (AvgIpc) is 2.31. The summed E-state index contributed by atoms with van der Waals surface area (Å²) >= 11 is 0. The fraction of sp³-hybridized carbons (Fsp3) is 0.933. The molecular formula is C15H34IN3O. The van der Waals surface area contributed by atoms with E-state index >= 15 is 0 Å². The highest BCUT2D eigenvalue weighted by Crippen LogP contribution is 2.21. The van der Waals surface area contributed by atoms with E-state index in [2.05, 4.69) is 50.2 Å². The maximum atomic E-state index is 5.37. The number of nitrogens with one attached hydrogen (secondary N) is 2. The summed E-state index contributed by atoms with van der Waals surface area (Å²) in [4.78, 5) is 4.21. The highest BCUT2D eigenvalue weighted by atomic mass is 127. The number of ether oxygens (including phenoxy) is 1. The molecule has 0 spiro atoms. The molecule has 20 heavy (non-hydrogen) atoms. The first-order chi connectivity index (χ1) is 8.70. The van der Waals surface area contributed by atoms with Crippen LogP contribution in [0.5, 0.6) is 0 Å². The standard InChI is InChI=1S/C15H33N3O.HI/c1-14(2,3)10-8-9-11-17-13(16-6)18-12-15(4,5)19-7;/h8-12H2,1-7H3,(H2,16,17,18);1H. The molecule has 0 aromatic carbocycles. The second-order valence-electron chi connectivity index (χ2n) is 6.83. The van der Waals surface area contributed by atoms with Crippen LogP contribution in [0.15, 0.2) is 4.99 Å². The number of methoxy groups -OCH3 is 1. The number of hydrogen-bond donors (Lipinski definition) is 2. The van der Waals surface area contributed by atoms with Gasteiger partial charge >= 0.3 is 0 Å². The third kappa shape index (κ3) is 13.0. The van der Waals surface area contributed by atoms with Crippen molar-refractivity contribution in [2.75, 3.05) is 27.2 Å². The van der Waals surface area contributed by atoms with Crippen LogP contribution in [0.4, 0.5) is 0 Å². The molecule has 0 atom stereocenters. The van der Waals surface area contributed by atoms with Gasteiger partial charge in [-0.1, -0.05) is 27.2 Å². The molecular weight excluding hydrogens is 365 g/mol. The molecule has 5 heteroatoms. The van der Waals surface area contributed by atoms with Crippen molar-refractivity contribution < 1.29 is 4.74 Å². The van der Waals surface area contributed by atoms with E-state index in [1.54, 1.807) is 14.2 Å². The minimum Gasteiger partial charge on any atom is -0.377 e. The fourth-order valence-electron chi connectivity index (χ4n) is 1.58. The van der Waals surface area contributed by atoms with Crippen LogP contribution in [0, 0.1) is 5.41 Å². The maximum absolute atomic E-state index is 5.37. The normalized spacial score (nSPS) is 12.8. The van der Waals surface area contributed by atoms with Crippen LogP contribution >= 0.6 is 24.0 Å². The largest absolute Gasteiger partial charge is 0.377 e. The van der Waals surface area contributed by atoms with Crippen molar-refractivity contribution in [3.05, 3.63) is 0 Å². The first-order valence-corrected chi connectivity index (χ1v) is 7.20. The lowest BCUT2D eigenvalue weighted by molar-refractivity contribution is 0.0268. The van der Waals surface area contributed by atoms with E-state index in [0.29, 0.717) is 5.41 Å². The van der Waals surface area contributed by atoms with Crippen LogP contribution in [-0.4, -0.2) is 38.8 Å². The molecule has 0 aromatic heterocycles. The Bertz CT molecular complexity index is 273. The lowest BCUT2D eigenvalue weighted by Crippen LogP contribution is -2.45. The van der Waals surface area contributed by atoms with Crippen molar-refractivity contribution in [2.24, 2.45) is 10.4 Å².